The molecule has 0 fully saturated rings. The van der Waals surface area contributed by atoms with Crippen molar-refractivity contribution in [1.82, 2.24) is 0 Å². The SMILES string of the molecule is COCCOCCOCCOc1cc(OC)c(N)cc1F. The number of halogens is 1. The fourth-order valence-corrected chi connectivity index (χ4v) is 1.51. The monoisotopic (exact) mass is 303 g/mol. The van der Waals surface area contributed by atoms with Crippen molar-refractivity contribution in [2.45, 2.75) is 0 Å². The zero-order chi connectivity index (χ0) is 15.5. The molecule has 21 heavy (non-hydrogen) atoms. The molecule has 0 spiro atoms. The molecule has 0 aliphatic heterocycles. The van der Waals surface area contributed by atoms with E-state index in [9.17, 15) is 4.39 Å². The Bertz CT molecular complexity index is 417. The quantitative estimate of drug-likeness (QED) is 0.493. The van der Waals surface area contributed by atoms with Gasteiger partial charge < -0.3 is 29.4 Å². The van der Waals surface area contributed by atoms with Crippen LogP contribution >= 0.6 is 0 Å². The van der Waals surface area contributed by atoms with Gasteiger partial charge in [-0.2, -0.15) is 0 Å². The zero-order valence-corrected chi connectivity index (χ0v) is 12.4. The number of anilines is 1. The highest BCUT2D eigenvalue weighted by Gasteiger charge is 2.09. The summed E-state index contributed by atoms with van der Waals surface area (Å²) in [5, 5.41) is 0. The predicted octanol–water partition coefficient (Wildman–Crippen LogP) is 1.47. The maximum atomic E-state index is 13.6. The summed E-state index contributed by atoms with van der Waals surface area (Å²) in [5.41, 5.74) is 5.81. The number of ether oxygens (including phenoxy) is 5. The van der Waals surface area contributed by atoms with Crippen LogP contribution < -0.4 is 15.2 Å². The molecule has 2 N–H and O–H groups in total. The van der Waals surface area contributed by atoms with Crippen LogP contribution in [0.5, 0.6) is 11.5 Å². The van der Waals surface area contributed by atoms with E-state index in [1.165, 1.54) is 19.2 Å². The van der Waals surface area contributed by atoms with Crippen molar-refractivity contribution in [3.63, 3.8) is 0 Å². The first-order valence-electron chi connectivity index (χ1n) is 6.59. The molecule has 120 valence electrons. The Kier molecular flexibility index (Phi) is 8.49. The summed E-state index contributed by atoms with van der Waals surface area (Å²) in [4.78, 5) is 0. The second-order valence-electron chi connectivity index (χ2n) is 4.09. The summed E-state index contributed by atoms with van der Waals surface area (Å²) in [6.07, 6.45) is 0. The summed E-state index contributed by atoms with van der Waals surface area (Å²) < 4.78 is 39.2. The van der Waals surface area contributed by atoms with Crippen molar-refractivity contribution < 1.29 is 28.1 Å². The molecule has 0 amide bonds. The van der Waals surface area contributed by atoms with Gasteiger partial charge in [0.05, 0.1) is 45.8 Å². The molecule has 0 heterocycles. The number of hydrogen-bond acceptors (Lipinski definition) is 6. The van der Waals surface area contributed by atoms with Gasteiger partial charge in [0.1, 0.15) is 12.4 Å². The van der Waals surface area contributed by atoms with Crippen molar-refractivity contribution in [2.24, 2.45) is 0 Å². The Labute approximate surface area is 123 Å². The minimum absolute atomic E-state index is 0.0843. The zero-order valence-electron chi connectivity index (χ0n) is 12.4. The number of hydrogen-bond donors (Lipinski definition) is 1. The largest absolute Gasteiger partial charge is 0.494 e. The minimum atomic E-state index is -0.531. The summed E-state index contributed by atoms with van der Waals surface area (Å²) in [6.45, 7) is 2.57. The number of benzene rings is 1. The van der Waals surface area contributed by atoms with E-state index in [1.54, 1.807) is 7.11 Å². The molecule has 1 rings (SSSR count). The van der Waals surface area contributed by atoms with Crippen molar-refractivity contribution in [2.75, 3.05) is 59.6 Å². The van der Waals surface area contributed by atoms with Crippen LogP contribution in [0.15, 0.2) is 12.1 Å². The van der Waals surface area contributed by atoms with Gasteiger partial charge in [-0.15, -0.1) is 0 Å². The Balaban J connectivity index is 2.18. The number of methoxy groups -OCH3 is 2. The van der Waals surface area contributed by atoms with E-state index < -0.39 is 5.82 Å². The molecule has 1 aromatic rings. The van der Waals surface area contributed by atoms with Crippen LogP contribution in [0, 0.1) is 5.82 Å². The lowest BCUT2D eigenvalue weighted by atomic mass is 10.2. The summed E-state index contributed by atoms with van der Waals surface area (Å²) >= 11 is 0. The average Bonchev–Trinajstić information content (AvgIpc) is 2.47. The van der Waals surface area contributed by atoms with Crippen molar-refractivity contribution >= 4 is 5.69 Å². The Hall–Kier alpha value is -1.57. The van der Waals surface area contributed by atoms with Gasteiger partial charge in [0, 0.05) is 19.2 Å². The Morgan fingerprint density at radius 2 is 1.52 bits per heavy atom. The molecule has 0 bridgehead atoms. The molecule has 0 unspecified atom stereocenters. The van der Waals surface area contributed by atoms with Gasteiger partial charge in [0.2, 0.25) is 0 Å². The van der Waals surface area contributed by atoms with E-state index in [-0.39, 0.29) is 18.0 Å². The third kappa shape index (κ3) is 6.61. The van der Waals surface area contributed by atoms with Gasteiger partial charge in [-0.25, -0.2) is 4.39 Å². The lowest BCUT2D eigenvalue weighted by Gasteiger charge is -2.11. The highest BCUT2D eigenvalue weighted by Crippen LogP contribution is 2.29. The van der Waals surface area contributed by atoms with E-state index in [1.807, 2.05) is 0 Å². The molecule has 0 saturated heterocycles. The van der Waals surface area contributed by atoms with Crippen molar-refractivity contribution in [3.05, 3.63) is 17.9 Å². The van der Waals surface area contributed by atoms with Crippen LogP contribution in [0.1, 0.15) is 0 Å². The smallest absolute Gasteiger partial charge is 0.167 e. The van der Waals surface area contributed by atoms with Crippen LogP contribution in [-0.2, 0) is 14.2 Å². The Morgan fingerprint density at radius 1 is 0.905 bits per heavy atom. The lowest BCUT2D eigenvalue weighted by molar-refractivity contribution is 0.0177. The average molecular weight is 303 g/mol. The number of nitrogen functional groups attached to an aromatic ring is 1. The molecule has 7 heteroatoms. The standard InChI is InChI=1S/C14H22FNO5/c1-17-3-4-19-5-6-20-7-8-21-13-10-14(18-2)12(16)9-11(13)15/h9-10H,3-8,16H2,1-2H3. The van der Waals surface area contributed by atoms with Crippen LogP contribution in [-0.4, -0.2) is 53.9 Å². The molecule has 0 saturated carbocycles. The topological polar surface area (TPSA) is 72.2 Å². The van der Waals surface area contributed by atoms with Gasteiger partial charge in [-0.05, 0) is 0 Å². The molecular weight excluding hydrogens is 281 g/mol. The number of rotatable bonds is 11. The second-order valence-corrected chi connectivity index (χ2v) is 4.09. The maximum absolute atomic E-state index is 13.6. The first kappa shape index (κ1) is 17.5. The first-order valence-corrected chi connectivity index (χ1v) is 6.59. The summed E-state index contributed by atoms with van der Waals surface area (Å²) in [6, 6.07) is 2.58. The van der Waals surface area contributed by atoms with Crippen LogP contribution in [0.3, 0.4) is 0 Å². The normalized spacial score (nSPS) is 10.6. The molecule has 1 aromatic carbocycles. The van der Waals surface area contributed by atoms with Crippen LogP contribution in [0.25, 0.3) is 0 Å². The van der Waals surface area contributed by atoms with E-state index >= 15 is 0 Å². The summed E-state index contributed by atoms with van der Waals surface area (Å²) in [7, 11) is 3.07. The minimum Gasteiger partial charge on any atom is -0.494 e. The van der Waals surface area contributed by atoms with E-state index in [4.69, 9.17) is 29.4 Å². The highest BCUT2D eigenvalue weighted by atomic mass is 19.1. The van der Waals surface area contributed by atoms with E-state index in [0.717, 1.165) is 0 Å². The molecule has 6 nitrogen and oxygen atoms in total. The first-order chi connectivity index (χ1) is 10.2. The molecule has 0 aliphatic rings. The van der Waals surface area contributed by atoms with Gasteiger partial charge >= 0.3 is 0 Å². The highest BCUT2D eigenvalue weighted by molar-refractivity contribution is 5.56. The molecular formula is C14H22FNO5. The fraction of sp³-hybridized carbons (Fsp3) is 0.571. The van der Waals surface area contributed by atoms with Crippen molar-refractivity contribution in [3.8, 4) is 11.5 Å². The van der Waals surface area contributed by atoms with Gasteiger partial charge in [-0.1, -0.05) is 0 Å². The molecule has 0 atom stereocenters. The van der Waals surface area contributed by atoms with Gasteiger partial charge in [-0.3, -0.25) is 0 Å². The molecule has 0 aliphatic carbocycles. The van der Waals surface area contributed by atoms with Crippen LogP contribution in [0.4, 0.5) is 10.1 Å². The van der Waals surface area contributed by atoms with Crippen LogP contribution in [0.2, 0.25) is 0 Å². The summed E-state index contributed by atoms with van der Waals surface area (Å²) in [5.74, 6) is -0.0731. The van der Waals surface area contributed by atoms with Gasteiger partial charge in [0.25, 0.3) is 0 Å². The number of nitrogens with two attached hydrogens (primary N) is 1. The predicted molar refractivity (Wildman–Crippen MR) is 76.4 cm³/mol. The lowest BCUT2D eigenvalue weighted by Crippen LogP contribution is -2.12. The molecule has 0 aromatic heterocycles. The molecule has 0 radical (unpaired) electrons. The van der Waals surface area contributed by atoms with E-state index in [2.05, 4.69) is 0 Å². The second kappa shape index (κ2) is 10.2. The van der Waals surface area contributed by atoms with Crippen molar-refractivity contribution in [1.29, 1.82) is 0 Å². The Morgan fingerprint density at radius 3 is 2.14 bits per heavy atom. The third-order valence-corrected chi connectivity index (χ3v) is 2.57. The van der Waals surface area contributed by atoms with Gasteiger partial charge in [0.15, 0.2) is 11.6 Å². The maximum Gasteiger partial charge on any atom is 0.167 e. The van der Waals surface area contributed by atoms with E-state index in [0.29, 0.717) is 38.8 Å². The fourth-order valence-electron chi connectivity index (χ4n) is 1.51. The third-order valence-electron chi connectivity index (χ3n) is 2.57.